The number of phenolic OH excluding ortho intramolecular Hbond substituents is 1. The van der Waals surface area contributed by atoms with Crippen LogP contribution in [-0.2, 0) is 11.2 Å². The van der Waals surface area contributed by atoms with Crippen LogP contribution in [-0.4, -0.2) is 59.3 Å². The number of pyridine rings is 1. The molecule has 3 aliphatic rings. The number of unbranched alkanes of at least 4 members (excludes halogenated alkanes) is 3. The normalized spacial score (nSPS) is 31.2. The number of carboxylic acid groups (broad SMARTS) is 1. The van der Waals surface area contributed by atoms with Gasteiger partial charge in [0.1, 0.15) is 11.6 Å². The highest BCUT2D eigenvalue weighted by Crippen LogP contribution is 2.53. The highest BCUT2D eigenvalue weighted by molar-refractivity contribution is 5.71. The minimum atomic E-state index is -1.13. The largest absolute Gasteiger partial charge is 0.872 e. The van der Waals surface area contributed by atoms with Crippen LogP contribution in [0.2, 0.25) is 0 Å². The van der Waals surface area contributed by atoms with Crippen molar-refractivity contribution in [2.24, 2.45) is 35.5 Å². The van der Waals surface area contributed by atoms with Gasteiger partial charge in [0.25, 0.3) is 0 Å². The third-order valence-electron chi connectivity index (χ3n) is 13.2. The fourth-order valence-electron chi connectivity index (χ4n) is 10.5. The molecule has 1 aromatic carbocycles. The number of aromatic amines is 1. The van der Waals surface area contributed by atoms with Crippen molar-refractivity contribution in [2.75, 3.05) is 5.73 Å². The molecule has 2 saturated carbocycles. The molecule has 10 nitrogen and oxygen atoms in total. The molecule has 2 fully saturated rings. The molecule has 3 aliphatic carbocycles. The summed E-state index contributed by atoms with van der Waals surface area (Å²) >= 11 is 0. The number of phenols is 1. The monoisotopic (exact) mass is 756 g/mol. The molecule has 0 radical (unpaired) electrons. The maximum atomic E-state index is 12.9. The van der Waals surface area contributed by atoms with E-state index in [1.165, 1.54) is 31.4 Å². The predicted molar refractivity (Wildman–Crippen MR) is 212 cm³/mol. The van der Waals surface area contributed by atoms with Crippen molar-refractivity contribution in [3.8, 4) is 22.8 Å². The van der Waals surface area contributed by atoms with Crippen molar-refractivity contribution in [3.05, 3.63) is 72.1 Å². The number of aliphatic hydroxyl groups is 3. The van der Waals surface area contributed by atoms with E-state index in [9.17, 15) is 35.4 Å². The van der Waals surface area contributed by atoms with Crippen molar-refractivity contribution < 1.29 is 35.4 Å². The van der Waals surface area contributed by atoms with Gasteiger partial charge in [0, 0.05) is 35.0 Å². The number of aliphatic hydroxyl groups excluding tert-OH is 2. The first-order valence-corrected chi connectivity index (χ1v) is 20.8. The lowest BCUT2D eigenvalue weighted by molar-refractivity contribution is -0.268. The van der Waals surface area contributed by atoms with Gasteiger partial charge in [-0.1, -0.05) is 57.2 Å². The minimum Gasteiger partial charge on any atom is -0.872 e. The van der Waals surface area contributed by atoms with Crippen LogP contribution in [0.25, 0.3) is 11.3 Å². The molecule has 0 bridgehead atoms. The summed E-state index contributed by atoms with van der Waals surface area (Å²) in [5, 5.41) is 68.0. The smallest absolute Gasteiger partial charge is 0.309 e. The predicted octanol–water partition coefficient (Wildman–Crippen LogP) is 7.47. The summed E-state index contributed by atoms with van der Waals surface area (Å²) in [6.45, 7) is 2.20. The van der Waals surface area contributed by atoms with Gasteiger partial charge in [0.05, 0.1) is 23.7 Å². The number of benzene rings is 1. The second-order valence-electron chi connectivity index (χ2n) is 17.2. The fourth-order valence-corrected chi connectivity index (χ4v) is 10.5. The Morgan fingerprint density at radius 1 is 0.964 bits per heavy atom. The van der Waals surface area contributed by atoms with Gasteiger partial charge in [-0.3, -0.25) is 4.79 Å². The number of anilines is 1. The zero-order valence-corrected chi connectivity index (χ0v) is 32.4. The second kappa shape index (κ2) is 18.4. The van der Waals surface area contributed by atoms with Crippen LogP contribution in [0, 0.1) is 35.5 Å². The number of aromatic hydroxyl groups is 1. The molecule has 0 amide bonds. The number of hydrogen-bond donors (Lipinski definition) is 7. The first-order chi connectivity index (χ1) is 26.4. The van der Waals surface area contributed by atoms with Crippen molar-refractivity contribution in [3.63, 3.8) is 0 Å². The summed E-state index contributed by atoms with van der Waals surface area (Å²) in [5.74, 6) is -1.80. The number of nitrogens with one attached hydrogen (secondary N) is 1. The SMILES string of the molecule is CCCCCC1C=CC(CCCCC2CCC(c3ccc(-c4cc([O-])cc(O)c4)[nH]3)C3CC(Cc4ccnc(N)c4)CC3(O)CCC(O)C2C(=O)O)C(O)C1. The minimum absolute atomic E-state index is 0.108. The molecular weight excluding hydrogens is 695 g/mol. The van der Waals surface area contributed by atoms with Crippen molar-refractivity contribution in [1.29, 1.82) is 0 Å². The second-order valence-corrected chi connectivity index (χ2v) is 17.2. The maximum absolute atomic E-state index is 12.9. The van der Waals surface area contributed by atoms with Crippen molar-refractivity contribution in [2.45, 2.75) is 133 Å². The quantitative estimate of drug-likeness (QED) is 0.0645. The summed E-state index contributed by atoms with van der Waals surface area (Å²) in [6, 6.07) is 11.9. The molecule has 0 spiro atoms. The standard InChI is InChI=1S/C45H63N3O7/c1-2-3-4-7-28-10-11-31(41(52)22-28)8-5-6-9-32-12-13-36(39-15-14-38(48-39)33-24-34(49)26-35(50)25-33)37-21-30(20-29-17-19-47-42(46)23-29)27-45(37,55)18-16-40(51)43(32)44(53)54/h10-11,14-15,17,19,23-26,28,30-32,36-37,40-41,43,48-52,55H,2-9,12-13,16,18,20-22,27H2,1H3,(H2,46,47)(H,53,54)/p-1. The van der Waals surface area contributed by atoms with Crippen LogP contribution in [0.5, 0.6) is 11.5 Å². The number of rotatable bonds is 14. The van der Waals surface area contributed by atoms with Crippen molar-refractivity contribution in [1.82, 2.24) is 9.97 Å². The Labute approximate surface area is 325 Å². The number of H-pyrrole nitrogens is 1. The van der Waals surface area contributed by atoms with E-state index in [0.717, 1.165) is 56.2 Å². The number of nitrogens with zero attached hydrogens (tertiary/aromatic N) is 1. The van der Waals surface area contributed by atoms with E-state index in [2.05, 4.69) is 29.0 Å². The highest BCUT2D eigenvalue weighted by Gasteiger charge is 2.51. The number of nitrogen functional groups attached to an aromatic ring is 1. The first-order valence-electron chi connectivity index (χ1n) is 20.8. The molecule has 8 N–H and O–H groups in total. The molecule has 0 aliphatic heterocycles. The number of nitrogens with two attached hydrogens (primary N) is 1. The molecule has 2 heterocycles. The van der Waals surface area contributed by atoms with Crippen LogP contribution >= 0.6 is 0 Å². The van der Waals surface area contributed by atoms with Gasteiger partial charge in [-0.25, -0.2) is 4.98 Å². The Morgan fingerprint density at radius 3 is 2.51 bits per heavy atom. The van der Waals surface area contributed by atoms with Crippen LogP contribution in [0.1, 0.15) is 120 Å². The van der Waals surface area contributed by atoms with Crippen LogP contribution in [0.3, 0.4) is 0 Å². The molecule has 3 aromatic rings. The van der Waals surface area contributed by atoms with Gasteiger partial charge in [-0.2, -0.15) is 0 Å². The average molecular weight is 757 g/mol. The molecule has 0 saturated heterocycles. The Kier molecular flexibility index (Phi) is 13.6. The third-order valence-corrected chi connectivity index (χ3v) is 13.2. The maximum Gasteiger partial charge on any atom is 0.309 e. The lowest BCUT2D eigenvalue weighted by Crippen LogP contribution is -2.42. The molecule has 300 valence electrons. The van der Waals surface area contributed by atoms with E-state index in [0.29, 0.717) is 48.7 Å². The van der Waals surface area contributed by atoms with E-state index < -0.39 is 23.6 Å². The Morgan fingerprint density at radius 2 is 1.76 bits per heavy atom. The highest BCUT2D eigenvalue weighted by atomic mass is 16.4. The van der Waals surface area contributed by atoms with Crippen LogP contribution in [0.15, 0.2) is 60.8 Å². The number of aromatic nitrogens is 2. The van der Waals surface area contributed by atoms with E-state index in [1.54, 1.807) is 12.3 Å². The Balaban J connectivity index is 1.22. The first kappa shape index (κ1) is 40.8. The summed E-state index contributed by atoms with van der Waals surface area (Å²) in [4.78, 5) is 20.6. The van der Waals surface area contributed by atoms with Gasteiger partial charge in [0.15, 0.2) is 0 Å². The van der Waals surface area contributed by atoms with E-state index in [1.807, 2.05) is 24.3 Å². The number of aliphatic carboxylic acids is 1. The average Bonchev–Trinajstić information content (AvgIpc) is 3.74. The molecular formula is C45H62N3O7-. The zero-order chi connectivity index (χ0) is 39.1. The summed E-state index contributed by atoms with van der Waals surface area (Å²) in [6.07, 6.45) is 17.1. The topological polar surface area (TPSA) is 196 Å². The van der Waals surface area contributed by atoms with Crippen molar-refractivity contribution >= 4 is 11.8 Å². The fraction of sp³-hybridized carbons (Fsp3) is 0.600. The van der Waals surface area contributed by atoms with Gasteiger partial charge in [-0.15, -0.1) is 5.75 Å². The number of carboxylic acids is 1. The number of carbonyl (C=O) groups is 1. The van der Waals surface area contributed by atoms with Gasteiger partial charge < -0.3 is 41.4 Å². The zero-order valence-electron chi connectivity index (χ0n) is 32.4. The van der Waals surface area contributed by atoms with E-state index in [-0.39, 0.29) is 60.0 Å². The molecule has 10 unspecified atom stereocenters. The summed E-state index contributed by atoms with van der Waals surface area (Å²) < 4.78 is 0. The lowest BCUT2D eigenvalue weighted by Gasteiger charge is -2.39. The Hall–Kier alpha value is -3.86. The number of allylic oxidation sites excluding steroid dienone is 1. The van der Waals surface area contributed by atoms with E-state index >= 15 is 0 Å². The van der Waals surface area contributed by atoms with Gasteiger partial charge >= 0.3 is 5.97 Å². The summed E-state index contributed by atoms with van der Waals surface area (Å²) in [7, 11) is 0. The van der Waals surface area contributed by atoms with Crippen LogP contribution in [0.4, 0.5) is 5.82 Å². The van der Waals surface area contributed by atoms with Gasteiger partial charge in [0.2, 0.25) is 0 Å². The van der Waals surface area contributed by atoms with Crippen LogP contribution < -0.4 is 10.8 Å². The van der Waals surface area contributed by atoms with E-state index in [4.69, 9.17) is 5.73 Å². The number of hydrogen-bond acceptors (Lipinski definition) is 8. The Bertz CT molecular complexity index is 1720. The molecule has 2 aromatic heterocycles. The number of fused-ring (bicyclic) bond motifs is 1. The molecule has 55 heavy (non-hydrogen) atoms. The van der Waals surface area contributed by atoms with Gasteiger partial charge in [-0.05, 0) is 136 Å². The molecule has 6 rings (SSSR count). The summed E-state index contributed by atoms with van der Waals surface area (Å²) in [5.41, 5.74) is 8.09. The third kappa shape index (κ3) is 10.3. The molecule has 10 heteroatoms. The molecule has 10 atom stereocenters. The lowest BCUT2D eigenvalue weighted by atomic mass is 9.69.